The van der Waals surface area contributed by atoms with E-state index in [9.17, 15) is 9.18 Å². The summed E-state index contributed by atoms with van der Waals surface area (Å²) in [5.41, 5.74) is 1.71. The Kier molecular flexibility index (Phi) is 7.31. The first kappa shape index (κ1) is 20.2. The minimum atomic E-state index is -0.267. The molecule has 2 aromatic rings. The number of halogens is 1. The fourth-order valence-corrected chi connectivity index (χ4v) is 3.32. The van der Waals surface area contributed by atoms with Crippen molar-refractivity contribution in [1.82, 2.24) is 15.3 Å². The molecule has 2 heterocycles. The number of nitrogens with zero attached hydrogens (tertiary/aromatic N) is 3. The Morgan fingerprint density at radius 2 is 2.00 bits per heavy atom. The number of nitrogens with one attached hydrogen (secondary N) is 1. The van der Waals surface area contributed by atoms with Crippen LogP contribution in [0.15, 0.2) is 36.7 Å². The lowest BCUT2D eigenvalue weighted by Gasteiger charge is -2.32. The summed E-state index contributed by atoms with van der Waals surface area (Å²) in [6, 6.07) is 6.26. The number of carbonyl (C=O) groups is 1. The summed E-state index contributed by atoms with van der Waals surface area (Å²) in [4.78, 5) is 23.4. The number of piperidine rings is 1. The monoisotopic (exact) mass is 386 g/mol. The average Bonchev–Trinajstić information content (AvgIpc) is 2.74. The van der Waals surface area contributed by atoms with Gasteiger partial charge in [0, 0.05) is 50.8 Å². The quantitative estimate of drug-likeness (QED) is 0.707. The zero-order valence-corrected chi connectivity index (χ0v) is 16.2. The van der Waals surface area contributed by atoms with Gasteiger partial charge < -0.3 is 15.0 Å². The van der Waals surface area contributed by atoms with Crippen LogP contribution in [0, 0.1) is 11.7 Å². The second kappa shape index (κ2) is 10.1. The van der Waals surface area contributed by atoms with Gasteiger partial charge in [-0.05, 0) is 43.9 Å². The van der Waals surface area contributed by atoms with Crippen LogP contribution >= 0.6 is 0 Å². The molecule has 1 atom stereocenters. The van der Waals surface area contributed by atoms with Gasteiger partial charge in [0.15, 0.2) is 0 Å². The van der Waals surface area contributed by atoms with Crippen molar-refractivity contribution in [2.75, 3.05) is 37.7 Å². The van der Waals surface area contributed by atoms with E-state index in [0.29, 0.717) is 32.3 Å². The summed E-state index contributed by atoms with van der Waals surface area (Å²) in [6.45, 7) is 5.42. The van der Waals surface area contributed by atoms with E-state index in [0.717, 1.165) is 36.9 Å². The minimum absolute atomic E-state index is 0.0544. The number of ether oxygens (including phenoxy) is 1. The maximum atomic E-state index is 13.1. The maximum absolute atomic E-state index is 13.1. The van der Waals surface area contributed by atoms with E-state index in [2.05, 4.69) is 20.2 Å². The van der Waals surface area contributed by atoms with Crippen molar-refractivity contribution in [2.24, 2.45) is 5.92 Å². The lowest BCUT2D eigenvalue weighted by molar-refractivity contribution is -0.125. The summed E-state index contributed by atoms with van der Waals surface area (Å²) < 4.78 is 18.4. The Bertz CT molecular complexity index is 752. The summed E-state index contributed by atoms with van der Waals surface area (Å²) in [7, 11) is 0. The van der Waals surface area contributed by atoms with Crippen LogP contribution in [0.5, 0.6) is 0 Å². The molecule has 1 aliphatic heterocycles. The molecule has 1 aliphatic rings. The Morgan fingerprint density at radius 1 is 1.25 bits per heavy atom. The molecule has 1 aromatic carbocycles. The first-order valence-corrected chi connectivity index (χ1v) is 9.85. The number of aromatic nitrogens is 2. The lowest BCUT2D eigenvalue weighted by Crippen LogP contribution is -2.44. The van der Waals surface area contributed by atoms with Crippen LogP contribution in [0.4, 0.5) is 10.3 Å². The molecule has 150 valence electrons. The van der Waals surface area contributed by atoms with E-state index in [1.165, 1.54) is 12.1 Å². The second-order valence-electron chi connectivity index (χ2n) is 6.91. The highest BCUT2D eigenvalue weighted by Crippen LogP contribution is 2.23. The van der Waals surface area contributed by atoms with Gasteiger partial charge in [-0.2, -0.15) is 0 Å². The van der Waals surface area contributed by atoms with E-state index < -0.39 is 0 Å². The highest BCUT2D eigenvalue weighted by molar-refractivity contribution is 5.79. The van der Waals surface area contributed by atoms with Gasteiger partial charge in [0.05, 0.1) is 5.92 Å². The molecule has 3 rings (SSSR count). The topological polar surface area (TPSA) is 67.3 Å². The Labute approximate surface area is 165 Å². The van der Waals surface area contributed by atoms with Crippen LogP contribution in [0.25, 0.3) is 11.1 Å². The van der Waals surface area contributed by atoms with Gasteiger partial charge in [-0.15, -0.1) is 0 Å². The fraction of sp³-hybridized carbons (Fsp3) is 0.476. The second-order valence-corrected chi connectivity index (χ2v) is 6.91. The van der Waals surface area contributed by atoms with Crippen LogP contribution in [0.2, 0.25) is 0 Å². The molecule has 0 radical (unpaired) electrons. The number of hydrogen-bond acceptors (Lipinski definition) is 5. The third kappa shape index (κ3) is 5.48. The molecule has 0 spiro atoms. The Morgan fingerprint density at radius 3 is 2.71 bits per heavy atom. The van der Waals surface area contributed by atoms with Crippen molar-refractivity contribution < 1.29 is 13.9 Å². The Hall–Kier alpha value is -2.54. The van der Waals surface area contributed by atoms with E-state index >= 15 is 0 Å². The molecule has 1 saturated heterocycles. The third-order valence-electron chi connectivity index (χ3n) is 4.86. The van der Waals surface area contributed by atoms with Gasteiger partial charge in [0.1, 0.15) is 5.82 Å². The fourth-order valence-electron chi connectivity index (χ4n) is 3.32. The minimum Gasteiger partial charge on any atom is -0.382 e. The predicted molar refractivity (Wildman–Crippen MR) is 106 cm³/mol. The smallest absolute Gasteiger partial charge is 0.225 e. The van der Waals surface area contributed by atoms with Crippen molar-refractivity contribution in [3.05, 3.63) is 42.5 Å². The van der Waals surface area contributed by atoms with Crippen LogP contribution in [0.3, 0.4) is 0 Å². The molecule has 1 fully saturated rings. The van der Waals surface area contributed by atoms with Crippen molar-refractivity contribution in [1.29, 1.82) is 0 Å². The normalized spacial score (nSPS) is 16.8. The molecular formula is C21H27FN4O2. The first-order chi connectivity index (χ1) is 13.7. The van der Waals surface area contributed by atoms with E-state index in [1.807, 2.05) is 6.92 Å². The van der Waals surface area contributed by atoms with Crippen LogP contribution in [0.1, 0.15) is 26.2 Å². The Balaban J connectivity index is 1.55. The van der Waals surface area contributed by atoms with Gasteiger partial charge >= 0.3 is 0 Å². The zero-order chi connectivity index (χ0) is 19.8. The first-order valence-electron chi connectivity index (χ1n) is 9.85. The summed E-state index contributed by atoms with van der Waals surface area (Å²) in [5, 5.41) is 3.00. The summed E-state index contributed by atoms with van der Waals surface area (Å²) >= 11 is 0. The molecule has 1 N–H and O–H groups in total. The van der Waals surface area contributed by atoms with Crippen LogP contribution in [-0.2, 0) is 9.53 Å². The van der Waals surface area contributed by atoms with Gasteiger partial charge in [-0.1, -0.05) is 12.1 Å². The number of anilines is 1. The predicted octanol–water partition coefficient (Wildman–Crippen LogP) is 3.04. The molecular weight excluding hydrogens is 359 g/mol. The standard InChI is InChI=1S/C21H27FN4O2/c1-2-28-12-4-10-23-20(27)17-5-3-11-26(15-17)21-24-13-18(14-25-21)16-6-8-19(22)9-7-16/h6-9,13-14,17H,2-5,10-12,15H2,1H3,(H,23,27)/t17-/m1/s1. The van der Waals surface area contributed by atoms with Crippen LogP contribution < -0.4 is 10.2 Å². The SMILES string of the molecule is CCOCCCNC(=O)[C@@H]1CCCN(c2ncc(-c3ccc(F)cc3)cn2)C1. The van der Waals surface area contributed by atoms with E-state index in [4.69, 9.17) is 4.74 Å². The third-order valence-corrected chi connectivity index (χ3v) is 4.86. The summed E-state index contributed by atoms with van der Waals surface area (Å²) in [5.74, 6) is 0.391. The van der Waals surface area contributed by atoms with Crippen molar-refractivity contribution in [2.45, 2.75) is 26.2 Å². The zero-order valence-electron chi connectivity index (χ0n) is 16.2. The molecule has 0 bridgehead atoms. The molecule has 0 unspecified atom stereocenters. The number of benzene rings is 1. The van der Waals surface area contributed by atoms with Crippen molar-refractivity contribution >= 4 is 11.9 Å². The van der Waals surface area contributed by atoms with Gasteiger partial charge in [0.2, 0.25) is 11.9 Å². The molecule has 1 amide bonds. The van der Waals surface area contributed by atoms with Gasteiger partial charge in [-0.3, -0.25) is 4.79 Å². The molecule has 1 aromatic heterocycles. The van der Waals surface area contributed by atoms with E-state index in [1.54, 1.807) is 24.5 Å². The lowest BCUT2D eigenvalue weighted by atomic mass is 9.97. The van der Waals surface area contributed by atoms with E-state index in [-0.39, 0.29) is 17.6 Å². The largest absolute Gasteiger partial charge is 0.382 e. The average molecular weight is 386 g/mol. The van der Waals surface area contributed by atoms with Crippen LogP contribution in [-0.4, -0.2) is 48.7 Å². The van der Waals surface area contributed by atoms with Crippen molar-refractivity contribution in [3.63, 3.8) is 0 Å². The van der Waals surface area contributed by atoms with Gasteiger partial charge in [-0.25, -0.2) is 14.4 Å². The highest BCUT2D eigenvalue weighted by Gasteiger charge is 2.26. The molecule has 0 saturated carbocycles. The maximum Gasteiger partial charge on any atom is 0.225 e. The molecule has 7 heteroatoms. The highest BCUT2D eigenvalue weighted by atomic mass is 19.1. The molecule has 28 heavy (non-hydrogen) atoms. The summed E-state index contributed by atoms with van der Waals surface area (Å²) in [6.07, 6.45) is 6.12. The number of hydrogen-bond donors (Lipinski definition) is 1. The number of carbonyl (C=O) groups excluding carboxylic acids is 1. The number of amides is 1. The van der Waals surface area contributed by atoms with Crippen molar-refractivity contribution in [3.8, 4) is 11.1 Å². The number of rotatable bonds is 8. The molecule has 6 nitrogen and oxygen atoms in total. The van der Waals surface area contributed by atoms with Gasteiger partial charge in [0.25, 0.3) is 0 Å². The molecule has 0 aliphatic carbocycles.